The predicted octanol–water partition coefficient (Wildman–Crippen LogP) is -6.95. The first-order valence-electron chi connectivity index (χ1n) is 48.0. The Morgan fingerprint density at radius 3 is 1.24 bits per heavy atom. The molecule has 1 aromatic carbocycles. The van der Waals surface area contributed by atoms with Gasteiger partial charge in [-0.25, -0.2) is 9.78 Å². The van der Waals surface area contributed by atoms with E-state index in [0.29, 0.717) is 24.8 Å². The van der Waals surface area contributed by atoms with Crippen LogP contribution in [0.25, 0.3) is 0 Å². The SMILES string of the molecule is CC(C)C[C@H](NC(=O)CNC(=O)[C@H](C)NC(=O)[C@@H](N)CCCNC(=N)N)C(=O)N[C@@H](CCC(N)=O)C(=O)N[C@@H](Cc1ccccc1)C(=O)N1CCC[C@H]1C(=O)N[C@H](C(=O)NCC(=O)N[C@@H](CCCNC(=N)N)C(=O)N[C@H](C(=O)N[C@@H](Cc1c[nH]cn1)C(=O)N[C@@H](CCCNC(=N)N)C(=O)N[C@@H](CC(C)C)C(=O)N[C@@H](CC(C)C)C(=O)N[C@@H](CCCNC(=N)N)C(=O)N[C@@H](CCCCN)C(=O)O)C(C)C)C(C)C. The van der Waals surface area contributed by atoms with E-state index in [-0.39, 0.29) is 171 Å². The Morgan fingerprint density at radius 2 is 0.803 bits per heavy atom. The fourth-order valence-electron chi connectivity index (χ4n) is 15.1. The van der Waals surface area contributed by atoms with Crippen LogP contribution in [0.4, 0.5) is 0 Å². The summed E-state index contributed by atoms with van der Waals surface area (Å²) < 4.78 is 0. The zero-order valence-corrected chi connectivity index (χ0v) is 83.1. The van der Waals surface area contributed by atoms with E-state index in [0.717, 1.165) is 0 Å². The van der Waals surface area contributed by atoms with Crippen molar-refractivity contribution in [3.63, 3.8) is 0 Å². The molecule has 0 saturated carbocycles. The third kappa shape index (κ3) is 47.7. The van der Waals surface area contributed by atoms with E-state index >= 15 is 4.79 Å². The fraction of sp³-hybridized carbons (Fsp3) is 0.656. The van der Waals surface area contributed by atoms with E-state index in [4.69, 9.17) is 61.8 Å². The van der Waals surface area contributed by atoms with Crippen LogP contribution in [0.15, 0.2) is 42.9 Å². The van der Waals surface area contributed by atoms with Crippen LogP contribution in [0, 0.1) is 51.2 Å². The molecule has 15 atom stereocenters. The first kappa shape index (κ1) is 122. The van der Waals surface area contributed by atoms with Crippen molar-refractivity contribution in [3.05, 3.63) is 54.1 Å². The molecule has 0 spiro atoms. The number of carboxylic acid groups (broad SMARTS) is 1. The van der Waals surface area contributed by atoms with Gasteiger partial charge in [-0.2, -0.15) is 0 Å². The van der Waals surface area contributed by atoms with Crippen molar-refractivity contribution in [3.8, 4) is 0 Å². The molecule has 52 nitrogen and oxygen atoms in total. The van der Waals surface area contributed by atoms with Gasteiger partial charge >= 0.3 is 5.97 Å². The van der Waals surface area contributed by atoms with Crippen LogP contribution in [-0.4, -0.2) is 293 Å². The number of carbonyl (C=O) groups excluding carboxylic acids is 17. The number of amides is 17. The molecule has 52 heteroatoms. The summed E-state index contributed by atoms with van der Waals surface area (Å²) in [5, 5.41) is 89.9. The average molecular weight is 2000 g/mol. The van der Waals surface area contributed by atoms with E-state index in [9.17, 15) is 86.6 Å². The van der Waals surface area contributed by atoms with Crippen LogP contribution in [0.1, 0.15) is 203 Å². The van der Waals surface area contributed by atoms with Gasteiger partial charge in [-0.1, -0.05) is 99.6 Å². The smallest absolute Gasteiger partial charge is 0.326 e. The third-order valence-electron chi connectivity index (χ3n) is 22.6. The first-order valence-corrected chi connectivity index (χ1v) is 48.0. The number of aliphatic carboxylic acids is 1. The summed E-state index contributed by atoms with van der Waals surface area (Å²) in [5.41, 5.74) is 39.9. The number of carbonyl (C=O) groups is 18. The molecular formula is C90H155N33O19. The maximum absolute atomic E-state index is 15.1. The van der Waals surface area contributed by atoms with Crippen molar-refractivity contribution < 1.29 is 91.4 Å². The Bertz CT molecular complexity index is 4520. The third-order valence-corrected chi connectivity index (χ3v) is 22.6. The lowest BCUT2D eigenvalue weighted by atomic mass is 9.99. The number of carboxylic acids is 1. The summed E-state index contributed by atoms with van der Waals surface area (Å²) in [7, 11) is 0. The maximum Gasteiger partial charge on any atom is 0.326 e. The molecule has 2 heterocycles. The van der Waals surface area contributed by atoms with Crippen LogP contribution in [0.3, 0.4) is 0 Å². The zero-order chi connectivity index (χ0) is 107. The number of guanidine groups is 4. The number of nitrogens with two attached hydrogens (primary N) is 7. The van der Waals surface area contributed by atoms with E-state index in [2.05, 4.69) is 111 Å². The highest BCUT2D eigenvalue weighted by Gasteiger charge is 2.43. The number of imidazole rings is 1. The van der Waals surface area contributed by atoms with Crippen molar-refractivity contribution in [2.75, 3.05) is 52.4 Å². The molecule has 39 N–H and O–H groups in total. The number of nitrogens with zero attached hydrogens (tertiary/aromatic N) is 2. The van der Waals surface area contributed by atoms with Crippen LogP contribution in [0.2, 0.25) is 0 Å². The molecule has 1 fully saturated rings. The highest BCUT2D eigenvalue weighted by Crippen LogP contribution is 2.23. The minimum Gasteiger partial charge on any atom is -0.480 e. The molecule has 0 unspecified atom stereocenters. The molecule has 0 radical (unpaired) electrons. The fourth-order valence-corrected chi connectivity index (χ4v) is 15.1. The number of hydrogen-bond donors (Lipinski definition) is 32. The lowest BCUT2D eigenvalue weighted by Crippen LogP contribution is -2.61. The summed E-state index contributed by atoms with van der Waals surface area (Å²) >= 11 is 0. The van der Waals surface area contributed by atoms with Crippen molar-refractivity contribution in [2.45, 2.75) is 295 Å². The van der Waals surface area contributed by atoms with Crippen LogP contribution in [-0.2, 0) is 99.1 Å². The number of H-pyrrole nitrogens is 1. The average Bonchev–Trinajstić information content (AvgIpc) is 1.65. The molecule has 1 aromatic heterocycles. The van der Waals surface area contributed by atoms with Gasteiger partial charge in [0, 0.05) is 58.2 Å². The summed E-state index contributed by atoms with van der Waals surface area (Å²) in [4.78, 5) is 261. The minimum atomic E-state index is -1.59. The van der Waals surface area contributed by atoms with Crippen LogP contribution in [0.5, 0.6) is 0 Å². The number of rotatable bonds is 67. The second kappa shape index (κ2) is 64.3. The molecule has 794 valence electrons. The van der Waals surface area contributed by atoms with E-state index < -0.39 is 247 Å². The number of hydrogen-bond acceptors (Lipinski definition) is 25. The van der Waals surface area contributed by atoms with Crippen LogP contribution >= 0.6 is 0 Å². The van der Waals surface area contributed by atoms with E-state index in [1.165, 1.54) is 24.3 Å². The molecule has 0 bridgehead atoms. The predicted molar refractivity (Wildman–Crippen MR) is 526 cm³/mol. The van der Waals surface area contributed by atoms with Gasteiger partial charge < -0.3 is 156 Å². The second-order valence-corrected chi connectivity index (χ2v) is 37.1. The minimum absolute atomic E-state index is 0.000262. The lowest BCUT2D eigenvalue weighted by Gasteiger charge is -2.31. The number of aromatic nitrogens is 2. The topological polar surface area (TPSA) is 866 Å². The Morgan fingerprint density at radius 1 is 0.415 bits per heavy atom. The van der Waals surface area contributed by atoms with Crippen molar-refractivity contribution >= 4 is 130 Å². The van der Waals surface area contributed by atoms with Gasteiger partial charge in [0.1, 0.15) is 84.6 Å². The summed E-state index contributed by atoms with van der Waals surface area (Å²) in [5.74, 6) is -19.7. The zero-order valence-electron chi connectivity index (χ0n) is 83.1. The molecular weight excluding hydrogens is 1850 g/mol. The monoisotopic (exact) mass is 2000 g/mol. The van der Waals surface area contributed by atoms with Gasteiger partial charge in [-0.05, 0) is 158 Å². The normalized spacial score (nSPS) is 15.2. The molecule has 1 saturated heterocycles. The number of aromatic amines is 1. The Balaban J connectivity index is 1.91. The van der Waals surface area contributed by atoms with Gasteiger partial charge in [0.05, 0.1) is 31.2 Å². The van der Waals surface area contributed by atoms with Crippen molar-refractivity contribution in [1.82, 2.24) is 116 Å². The molecule has 1 aliphatic rings. The standard InChI is InChI=1S/C90H155N33O19/c1-47(2)38-61(112-69(126)44-107-72(127)52(11)110-73(128)55(92)24-17-33-103-87(94)95)78(133)115-59(30-31-67(93)124)76(131)120-65(41-53-22-13-12-14-23-53)85(140)123-37-21-29-66(123)82(137)122-70(50(7)8)83(138)108-45-68(125)111-56(26-18-34-104-88(96)97)77(132)121-71(51(9)10)84(139)119-64(42-54-43-102-46-109-54)81(136)114-58(28-20-36-106-90(100)101)75(130)117-63(40-49(5)6)80(135)118-62(39-48(3)4)79(134)113-57(27-19-35-105-89(98)99)74(129)116-60(86(141)142)25-15-16-32-91/h12-14,22-23,43,46-52,55-66,70-71H,15-21,24-42,44-45,91-92H2,1-11H3,(H2,93,124)(H,102,109)(H,107,127)(H,108,138)(H,110,128)(H,111,125)(H,112,126)(H,113,134)(H,114,136)(H,115,133)(H,116,129)(H,117,130)(H,118,135)(H,119,139)(H,120,131)(H,121,132)(H,122,137)(H,141,142)(H4,94,95,103)(H4,96,97,104)(H4,98,99,105)(H4,100,101,106)/t52-,55-,56-,57-,58-,59-,60-,61-,62-,63-,64-,65-,66-,70-,71-/m0/s1. The van der Waals surface area contributed by atoms with Crippen molar-refractivity contribution in [2.24, 2.45) is 69.7 Å². The number of likely N-dealkylation sites (tertiary alicyclic amines) is 1. The van der Waals surface area contributed by atoms with Gasteiger partial charge in [0.2, 0.25) is 100 Å². The highest BCUT2D eigenvalue weighted by molar-refractivity contribution is 6.01. The van der Waals surface area contributed by atoms with Gasteiger partial charge in [0.15, 0.2) is 23.8 Å². The van der Waals surface area contributed by atoms with E-state index in [1.54, 1.807) is 99.6 Å². The van der Waals surface area contributed by atoms with Gasteiger partial charge in [-0.15, -0.1) is 0 Å². The van der Waals surface area contributed by atoms with Gasteiger partial charge in [0.25, 0.3) is 0 Å². The maximum atomic E-state index is 15.1. The molecule has 142 heavy (non-hydrogen) atoms. The summed E-state index contributed by atoms with van der Waals surface area (Å²) in [6.45, 7) is 17.4. The van der Waals surface area contributed by atoms with Crippen molar-refractivity contribution in [1.29, 1.82) is 21.6 Å². The summed E-state index contributed by atoms with van der Waals surface area (Å²) in [6.07, 6.45) is 3.02. The number of unbranched alkanes of at least 4 members (excludes halogenated alkanes) is 1. The van der Waals surface area contributed by atoms with Crippen LogP contribution < -0.4 is 141 Å². The quantitative estimate of drug-likeness (QED) is 0.0166. The largest absolute Gasteiger partial charge is 0.480 e. The number of benzene rings is 1. The molecule has 2 aromatic rings. The number of primary amides is 1. The molecule has 17 amide bonds. The molecule has 3 rings (SSSR count). The Hall–Kier alpha value is -14.1. The lowest BCUT2D eigenvalue weighted by molar-refractivity contribution is -0.142. The Kier molecular flexibility index (Phi) is 55.2. The first-order chi connectivity index (χ1) is 66.9. The second-order valence-electron chi connectivity index (χ2n) is 37.1. The summed E-state index contributed by atoms with van der Waals surface area (Å²) in [6, 6.07) is -12.3. The Labute approximate surface area is 827 Å². The van der Waals surface area contributed by atoms with Gasteiger partial charge in [-0.3, -0.25) is 103 Å². The molecule has 0 aliphatic carbocycles. The molecule has 1 aliphatic heterocycles. The highest BCUT2D eigenvalue weighted by atomic mass is 16.4. The number of nitrogens with one attached hydrogen (secondary N) is 24. The van der Waals surface area contributed by atoms with E-state index in [1.807, 2.05) is 0 Å².